The Labute approximate surface area is 122 Å². The predicted molar refractivity (Wildman–Crippen MR) is 74.1 cm³/mol. The summed E-state index contributed by atoms with van der Waals surface area (Å²) in [5, 5.41) is 0. The van der Waals surface area contributed by atoms with Crippen LogP contribution in [0.1, 0.15) is 31.9 Å². The Morgan fingerprint density at radius 3 is 2.38 bits per heavy atom. The minimum absolute atomic E-state index is 0.171. The lowest BCUT2D eigenvalue weighted by molar-refractivity contribution is -0.135. The summed E-state index contributed by atoms with van der Waals surface area (Å²) >= 11 is 0. The van der Waals surface area contributed by atoms with Gasteiger partial charge in [0.05, 0.1) is 4.90 Å². The number of sulfonamides is 1. The second-order valence-corrected chi connectivity index (χ2v) is 6.57. The lowest BCUT2D eigenvalue weighted by atomic mass is 10.1. The fourth-order valence-corrected chi connectivity index (χ4v) is 3.35. The van der Waals surface area contributed by atoms with Gasteiger partial charge in [-0.25, -0.2) is 8.42 Å². The van der Waals surface area contributed by atoms with Crippen LogP contribution in [0.4, 0.5) is 13.2 Å². The molecular weight excluding hydrogens is 305 g/mol. The van der Waals surface area contributed by atoms with Gasteiger partial charge in [-0.15, -0.1) is 0 Å². The first-order valence-corrected chi connectivity index (χ1v) is 7.98. The number of benzene rings is 1. The van der Waals surface area contributed by atoms with Crippen molar-refractivity contribution in [1.82, 2.24) is 4.31 Å². The van der Waals surface area contributed by atoms with Gasteiger partial charge in [-0.1, -0.05) is 26.0 Å². The molecule has 1 atom stereocenters. The van der Waals surface area contributed by atoms with Gasteiger partial charge in [0.25, 0.3) is 0 Å². The molecule has 0 aliphatic heterocycles. The van der Waals surface area contributed by atoms with Crippen LogP contribution in [-0.2, 0) is 10.0 Å². The Kier molecular flexibility index (Phi) is 5.77. The first kappa shape index (κ1) is 17.9. The van der Waals surface area contributed by atoms with Crippen molar-refractivity contribution in [1.29, 1.82) is 0 Å². The fourth-order valence-electron chi connectivity index (χ4n) is 1.86. The van der Waals surface area contributed by atoms with Crippen LogP contribution < -0.4 is 5.73 Å². The summed E-state index contributed by atoms with van der Waals surface area (Å²) in [6, 6.07) is 5.41. The minimum Gasteiger partial charge on any atom is -0.324 e. The Hall–Kier alpha value is -1.12. The van der Waals surface area contributed by atoms with Gasteiger partial charge < -0.3 is 5.73 Å². The first-order chi connectivity index (χ1) is 9.61. The molecule has 21 heavy (non-hydrogen) atoms. The average molecular weight is 324 g/mol. The second kappa shape index (κ2) is 6.76. The van der Waals surface area contributed by atoms with Crippen molar-refractivity contribution in [3.63, 3.8) is 0 Å². The minimum atomic E-state index is -4.58. The molecule has 120 valence electrons. The molecule has 2 N–H and O–H groups in total. The van der Waals surface area contributed by atoms with Crippen LogP contribution in [0.25, 0.3) is 0 Å². The van der Waals surface area contributed by atoms with Crippen LogP contribution in [0, 0.1) is 0 Å². The monoisotopic (exact) mass is 324 g/mol. The molecule has 0 amide bonds. The van der Waals surface area contributed by atoms with E-state index >= 15 is 0 Å². The Morgan fingerprint density at radius 2 is 1.90 bits per heavy atom. The summed E-state index contributed by atoms with van der Waals surface area (Å²) in [6.45, 7) is 1.44. The van der Waals surface area contributed by atoms with Crippen molar-refractivity contribution in [3.05, 3.63) is 29.8 Å². The number of alkyl halides is 3. The van der Waals surface area contributed by atoms with Gasteiger partial charge >= 0.3 is 6.18 Å². The highest BCUT2D eigenvalue weighted by Crippen LogP contribution is 2.24. The Bertz CT molecular complexity index is 573. The largest absolute Gasteiger partial charge is 0.402 e. The second-order valence-electron chi connectivity index (χ2n) is 4.63. The van der Waals surface area contributed by atoms with E-state index in [-0.39, 0.29) is 17.5 Å². The number of halogens is 3. The summed E-state index contributed by atoms with van der Waals surface area (Å²) in [5.74, 6) is 0. The lowest BCUT2D eigenvalue weighted by Crippen LogP contribution is -2.38. The van der Waals surface area contributed by atoms with E-state index in [1.54, 1.807) is 6.07 Å². The molecule has 1 unspecified atom stereocenters. The molecule has 4 nitrogen and oxygen atoms in total. The zero-order valence-electron chi connectivity index (χ0n) is 11.9. The van der Waals surface area contributed by atoms with E-state index < -0.39 is 22.7 Å². The molecular formula is C13H19F3N2O2S. The molecule has 0 saturated heterocycles. The van der Waals surface area contributed by atoms with Gasteiger partial charge in [0.2, 0.25) is 10.0 Å². The van der Waals surface area contributed by atoms with Crippen LogP contribution in [0.2, 0.25) is 0 Å². The van der Waals surface area contributed by atoms with E-state index in [0.29, 0.717) is 16.3 Å². The normalized spacial score (nSPS) is 14.4. The van der Waals surface area contributed by atoms with E-state index in [4.69, 9.17) is 5.73 Å². The van der Waals surface area contributed by atoms with Crippen LogP contribution in [0.15, 0.2) is 29.2 Å². The van der Waals surface area contributed by atoms with Gasteiger partial charge in [0.15, 0.2) is 0 Å². The molecule has 0 aromatic heterocycles. The third-order valence-corrected chi connectivity index (χ3v) is 4.99. The van der Waals surface area contributed by atoms with Crippen molar-refractivity contribution >= 4 is 10.0 Å². The van der Waals surface area contributed by atoms with Crippen LogP contribution >= 0.6 is 0 Å². The SMILES string of the molecule is CCC(N)c1cccc(S(=O)(=O)N(CC)CC(F)(F)F)c1. The molecule has 1 aromatic carbocycles. The van der Waals surface area contributed by atoms with Crippen molar-refractivity contribution in [3.8, 4) is 0 Å². The highest BCUT2D eigenvalue weighted by atomic mass is 32.2. The molecule has 0 aliphatic carbocycles. The maximum Gasteiger partial charge on any atom is 0.402 e. The van der Waals surface area contributed by atoms with E-state index in [2.05, 4.69) is 0 Å². The Balaban J connectivity index is 3.17. The maximum atomic E-state index is 12.5. The number of rotatable bonds is 6. The number of hydrogen-bond acceptors (Lipinski definition) is 3. The molecule has 0 saturated carbocycles. The zero-order chi connectivity index (χ0) is 16.3. The summed E-state index contributed by atoms with van der Waals surface area (Å²) in [7, 11) is -4.19. The van der Waals surface area contributed by atoms with Crippen molar-refractivity contribution < 1.29 is 21.6 Å². The standard InChI is InChI=1S/C13H19F3N2O2S/c1-3-12(17)10-6-5-7-11(8-10)21(19,20)18(4-2)9-13(14,15)16/h5-8,12H,3-4,9,17H2,1-2H3. The van der Waals surface area contributed by atoms with Crippen LogP contribution in [0.3, 0.4) is 0 Å². The molecule has 0 heterocycles. The summed E-state index contributed by atoms with van der Waals surface area (Å²) < 4.78 is 62.4. The van der Waals surface area contributed by atoms with Gasteiger partial charge in [-0.3, -0.25) is 0 Å². The molecule has 8 heteroatoms. The molecule has 0 aliphatic rings. The highest BCUT2D eigenvalue weighted by Gasteiger charge is 2.36. The number of nitrogens with two attached hydrogens (primary N) is 1. The molecule has 1 rings (SSSR count). The topological polar surface area (TPSA) is 63.4 Å². The summed E-state index contributed by atoms with van der Waals surface area (Å²) in [5.41, 5.74) is 6.41. The van der Waals surface area contributed by atoms with Gasteiger partial charge in [0, 0.05) is 12.6 Å². The molecule has 0 bridgehead atoms. The van der Waals surface area contributed by atoms with Crippen molar-refractivity contribution in [2.24, 2.45) is 5.73 Å². The number of hydrogen-bond donors (Lipinski definition) is 1. The van der Waals surface area contributed by atoms with E-state index in [1.165, 1.54) is 25.1 Å². The van der Waals surface area contributed by atoms with E-state index in [9.17, 15) is 21.6 Å². The molecule has 0 radical (unpaired) electrons. The summed E-state index contributed by atoms with van der Waals surface area (Å²) in [6.07, 6.45) is -3.98. The third-order valence-electron chi connectivity index (χ3n) is 3.07. The number of nitrogens with zero attached hydrogens (tertiary/aromatic N) is 1. The molecule has 0 fully saturated rings. The maximum absolute atomic E-state index is 12.5. The third kappa shape index (κ3) is 4.69. The van der Waals surface area contributed by atoms with Crippen LogP contribution in [0.5, 0.6) is 0 Å². The fraction of sp³-hybridized carbons (Fsp3) is 0.538. The molecule has 0 spiro atoms. The van der Waals surface area contributed by atoms with Gasteiger partial charge in [-0.2, -0.15) is 17.5 Å². The summed E-state index contributed by atoms with van der Waals surface area (Å²) in [4.78, 5) is -0.171. The average Bonchev–Trinajstić information content (AvgIpc) is 2.42. The predicted octanol–water partition coefficient (Wildman–Crippen LogP) is 2.67. The van der Waals surface area contributed by atoms with E-state index in [0.717, 1.165) is 0 Å². The highest BCUT2D eigenvalue weighted by molar-refractivity contribution is 7.89. The van der Waals surface area contributed by atoms with E-state index in [1.807, 2.05) is 6.92 Å². The van der Waals surface area contributed by atoms with Crippen molar-refractivity contribution in [2.75, 3.05) is 13.1 Å². The van der Waals surface area contributed by atoms with Gasteiger partial charge in [-0.05, 0) is 24.1 Å². The smallest absolute Gasteiger partial charge is 0.324 e. The lowest BCUT2D eigenvalue weighted by Gasteiger charge is -2.22. The molecule has 1 aromatic rings. The van der Waals surface area contributed by atoms with Gasteiger partial charge in [0.1, 0.15) is 6.54 Å². The quantitative estimate of drug-likeness (QED) is 0.875. The first-order valence-electron chi connectivity index (χ1n) is 6.54. The van der Waals surface area contributed by atoms with Crippen LogP contribution in [-0.4, -0.2) is 32.0 Å². The zero-order valence-corrected chi connectivity index (χ0v) is 12.7. The van der Waals surface area contributed by atoms with Crippen molar-refractivity contribution in [2.45, 2.75) is 37.4 Å². The Morgan fingerprint density at radius 1 is 1.29 bits per heavy atom.